The zero-order valence-electron chi connectivity index (χ0n) is 31.8. The van der Waals surface area contributed by atoms with Gasteiger partial charge in [0.25, 0.3) is 0 Å². The molecule has 0 saturated carbocycles. The molecule has 0 unspecified atom stereocenters. The van der Waals surface area contributed by atoms with Crippen LogP contribution in [0, 0.1) is 0 Å². The Morgan fingerprint density at radius 3 is 1.10 bits per heavy atom. The molecule has 0 spiro atoms. The monoisotopic (exact) mass is 712 g/mol. The second-order valence-electron chi connectivity index (χ2n) is 11.1. The van der Waals surface area contributed by atoms with Gasteiger partial charge >= 0.3 is 41.5 Å². The van der Waals surface area contributed by atoms with Crippen molar-refractivity contribution in [1.82, 2.24) is 0 Å². The van der Waals surface area contributed by atoms with Crippen LogP contribution in [0.3, 0.4) is 0 Å². The molecule has 14 nitrogen and oxygen atoms in total. The van der Waals surface area contributed by atoms with Crippen LogP contribution in [0.15, 0.2) is 12.7 Å². The van der Waals surface area contributed by atoms with E-state index < -0.39 is 11.2 Å². The minimum atomic E-state index is -0.449. The van der Waals surface area contributed by atoms with Gasteiger partial charge in [0.05, 0.1) is 119 Å². The van der Waals surface area contributed by atoms with Crippen LogP contribution in [0.25, 0.3) is 0 Å². The molecule has 0 aliphatic rings. The predicted octanol–water partition coefficient (Wildman–Crippen LogP) is 0.373. The predicted molar refractivity (Wildman–Crippen MR) is 181 cm³/mol. The average Bonchev–Trinajstić information content (AvgIpc) is 2.97. The Bertz CT molecular complexity index is 665. The molecule has 0 aromatic carbocycles. The number of hydrogen-bond acceptors (Lipinski definition) is 14. The van der Waals surface area contributed by atoms with Crippen molar-refractivity contribution >= 4 is 11.9 Å². The molecule has 15 heteroatoms. The molecule has 0 atom stereocenters. The van der Waals surface area contributed by atoms with Crippen LogP contribution in [0.1, 0.15) is 56.8 Å². The van der Waals surface area contributed by atoms with E-state index in [0.717, 1.165) is 6.08 Å². The van der Waals surface area contributed by atoms with E-state index in [1.165, 1.54) is 0 Å². The van der Waals surface area contributed by atoms with Gasteiger partial charge in [-0.15, -0.1) is 0 Å². The van der Waals surface area contributed by atoms with Crippen LogP contribution in [-0.4, -0.2) is 155 Å². The van der Waals surface area contributed by atoms with Gasteiger partial charge in [0.2, 0.25) is 0 Å². The van der Waals surface area contributed by atoms with Gasteiger partial charge < -0.3 is 58.6 Å². The number of aliphatic hydroxyl groups excluding tert-OH is 1. The van der Waals surface area contributed by atoms with Crippen molar-refractivity contribution in [2.24, 2.45) is 0 Å². The maximum atomic E-state index is 11.4. The molecule has 1 N–H and O–H groups in total. The molecule has 0 bridgehead atoms. The minimum absolute atomic E-state index is 0. The van der Waals surface area contributed by atoms with E-state index in [9.17, 15) is 9.59 Å². The van der Waals surface area contributed by atoms with Gasteiger partial charge in [-0.25, -0.2) is 4.79 Å². The van der Waals surface area contributed by atoms with E-state index in [-0.39, 0.29) is 63.4 Å². The Balaban J connectivity index is -0.000000152. The number of methoxy groups -OCH3 is 2. The number of ether oxygens (including phenoxy) is 11. The number of esters is 2. The van der Waals surface area contributed by atoms with E-state index >= 15 is 0 Å². The molecule has 0 aliphatic heterocycles. The zero-order chi connectivity index (χ0) is 35.4. The third-order valence-corrected chi connectivity index (χ3v) is 4.40. The van der Waals surface area contributed by atoms with Crippen LogP contribution >= 0.6 is 0 Å². The van der Waals surface area contributed by atoms with Gasteiger partial charge in [-0.3, -0.25) is 4.79 Å². The van der Waals surface area contributed by atoms with E-state index in [0.29, 0.717) is 106 Å². The Hall–Kier alpha value is -0.720. The fourth-order valence-electron chi connectivity index (χ4n) is 2.54. The van der Waals surface area contributed by atoms with Gasteiger partial charge in [0.15, 0.2) is 0 Å². The molecule has 0 aliphatic carbocycles. The smallest absolute Gasteiger partial charge is 1.00 e. The van der Waals surface area contributed by atoms with Crippen molar-refractivity contribution in [3.8, 4) is 0 Å². The fourth-order valence-corrected chi connectivity index (χ4v) is 2.54. The topological polar surface area (TPSA) is 156 Å². The summed E-state index contributed by atoms with van der Waals surface area (Å²) < 4.78 is 56.2. The van der Waals surface area contributed by atoms with Crippen LogP contribution in [0.5, 0.6) is 0 Å². The molecule has 0 amide bonds. The first-order chi connectivity index (χ1) is 21.8. The summed E-state index contributed by atoms with van der Waals surface area (Å²) in [6, 6.07) is 0. The van der Waals surface area contributed by atoms with Crippen LogP contribution in [-0.2, 0) is 61.7 Å². The second kappa shape index (κ2) is 42.4. The van der Waals surface area contributed by atoms with Crippen molar-refractivity contribution in [2.75, 3.05) is 127 Å². The molecule has 0 aromatic rings. The summed E-state index contributed by atoms with van der Waals surface area (Å²) in [6.45, 7) is 22.6. The van der Waals surface area contributed by atoms with Gasteiger partial charge in [0, 0.05) is 20.3 Å². The van der Waals surface area contributed by atoms with Gasteiger partial charge in [-0.1, -0.05) is 14.0 Å². The molecule has 0 heterocycles. The van der Waals surface area contributed by atoms with E-state index in [1.807, 2.05) is 41.5 Å². The number of aliphatic hydroxyl groups is 1. The van der Waals surface area contributed by atoms with Crippen molar-refractivity contribution in [1.29, 1.82) is 0 Å². The number of carbonyl (C=O) groups excluding carboxylic acids is 2. The molecular formula is C33H69NaO14. The van der Waals surface area contributed by atoms with Crippen molar-refractivity contribution in [2.45, 2.75) is 66.6 Å². The van der Waals surface area contributed by atoms with Crippen LogP contribution in [0.2, 0.25) is 0 Å². The van der Waals surface area contributed by atoms with Gasteiger partial charge in [0.1, 0.15) is 11.2 Å². The molecule has 0 rings (SSSR count). The molecule has 0 aromatic heterocycles. The molecule has 0 fully saturated rings. The Labute approximate surface area is 314 Å². The van der Waals surface area contributed by atoms with Crippen molar-refractivity contribution in [3.63, 3.8) is 0 Å². The standard InChI is InChI=1S/C16H32O7.C9H20O5.C7H12O2.CH4.Na.H/c1-16(2,3)23-15(17)5-6-19-9-10-21-13-14-22-12-11-20-8-7-18-4;1-11-4-5-13-8-9-14-7-6-12-3-2-10;1-5-6(8)9-7(2,3)4;;;/h5-14H2,1-4H3;10H,2-9H2,1H3;5H,1H2,2-4H3;1H4;;/q;;;;+1;-1. The summed E-state index contributed by atoms with van der Waals surface area (Å²) in [5.41, 5.74) is -0.847. The number of rotatable bonds is 27. The van der Waals surface area contributed by atoms with Gasteiger partial charge in [-0.05, 0) is 41.5 Å². The molecular weight excluding hydrogens is 643 g/mol. The summed E-state index contributed by atoms with van der Waals surface area (Å²) in [4.78, 5) is 21.9. The molecule has 0 radical (unpaired) electrons. The first-order valence-electron chi connectivity index (χ1n) is 15.5. The second-order valence-corrected chi connectivity index (χ2v) is 11.1. The number of hydrogen-bond donors (Lipinski definition) is 1. The van der Waals surface area contributed by atoms with Crippen LogP contribution < -0.4 is 29.6 Å². The van der Waals surface area contributed by atoms with E-state index in [4.69, 9.17) is 57.2 Å². The normalized spacial score (nSPS) is 10.7. The molecule has 286 valence electrons. The summed E-state index contributed by atoms with van der Waals surface area (Å²) in [7, 11) is 3.27. The maximum absolute atomic E-state index is 11.4. The Kier molecular flexibility index (Phi) is 50.1. The summed E-state index contributed by atoms with van der Waals surface area (Å²) in [5, 5.41) is 8.39. The van der Waals surface area contributed by atoms with E-state index in [2.05, 4.69) is 6.58 Å². The SMILES string of the molecule is C.C=CC(=O)OC(C)(C)C.COCCOCCOCCOCCO.COCCOCCOCCOCCOCCC(=O)OC(C)(C)C.[H-].[Na+]. The maximum Gasteiger partial charge on any atom is 1.00 e. The minimum Gasteiger partial charge on any atom is -1.00 e. The quantitative estimate of drug-likeness (QED) is 0.0540. The summed E-state index contributed by atoms with van der Waals surface area (Å²) >= 11 is 0. The van der Waals surface area contributed by atoms with Crippen molar-refractivity contribution in [3.05, 3.63) is 12.7 Å². The fraction of sp³-hybridized carbons (Fsp3) is 0.879. The van der Waals surface area contributed by atoms with Gasteiger partial charge in [-0.2, -0.15) is 0 Å². The summed E-state index contributed by atoms with van der Waals surface area (Å²) in [6.07, 6.45) is 1.41. The first-order valence-corrected chi connectivity index (χ1v) is 15.5. The number of carbonyl (C=O) groups is 2. The molecule has 48 heavy (non-hydrogen) atoms. The summed E-state index contributed by atoms with van der Waals surface area (Å²) in [5.74, 6) is -0.623. The average molecular weight is 713 g/mol. The molecule has 0 saturated heterocycles. The van der Waals surface area contributed by atoms with E-state index in [1.54, 1.807) is 14.2 Å². The first kappa shape index (κ1) is 56.6. The zero-order valence-corrected chi connectivity index (χ0v) is 32.8. The largest absolute Gasteiger partial charge is 1.00 e. The Morgan fingerprint density at radius 2 is 0.854 bits per heavy atom. The van der Waals surface area contributed by atoms with Crippen LogP contribution in [0.4, 0.5) is 0 Å². The third kappa shape index (κ3) is 60.6. The van der Waals surface area contributed by atoms with Crippen molar-refractivity contribution < 1.29 is 97.8 Å². The third-order valence-electron chi connectivity index (χ3n) is 4.40. The Morgan fingerprint density at radius 1 is 0.562 bits per heavy atom.